The highest BCUT2D eigenvalue weighted by atomic mass is 79.9. The van der Waals surface area contributed by atoms with E-state index >= 15 is 0 Å². The monoisotopic (exact) mass is 351 g/mol. The normalized spacial score (nSPS) is 11.2. The predicted molar refractivity (Wildman–Crippen MR) is 80.7 cm³/mol. The molecule has 0 saturated heterocycles. The van der Waals surface area contributed by atoms with E-state index in [1.54, 1.807) is 18.2 Å². The minimum Gasteiger partial charge on any atom is -0.505 e. The molecule has 0 heterocycles. The van der Waals surface area contributed by atoms with Crippen LogP contribution < -0.4 is 0 Å². The predicted octanol–water partition coefficient (Wildman–Crippen LogP) is 5.01. The number of phenolic OH excluding ortho intramolecular Hbond substituents is 1. The van der Waals surface area contributed by atoms with Crippen molar-refractivity contribution < 1.29 is 9.50 Å². The van der Waals surface area contributed by atoms with Gasteiger partial charge in [-0.3, -0.25) is 0 Å². The fourth-order valence-electron chi connectivity index (χ4n) is 1.69. The summed E-state index contributed by atoms with van der Waals surface area (Å²) in [4.78, 5) is 0. The van der Waals surface area contributed by atoms with Crippen molar-refractivity contribution in [2.45, 2.75) is 0 Å². The molecule has 0 fully saturated rings. The summed E-state index contributed by atoms with van der Waals surface area (Å²) in [5, 5.41) is 18.9. The molecule has 5 heteroatoms. The summed E-state index contributed by atoms with van der Waals surface area (Å²) >= 11 is 9.02. The van der Waals surface area contributed by atoms with Gasteiger partial charge in [-0.05, 0) is 45.8 Å². The Hall–Kier alpha value is -1.83. The first-order valence-corrected chi connectivity index (χ1v) is 6.74. The van der Waals surface area contributed by atoms with Gasteiger partial charge in [-0.25, -0.2) is 4.39 Å². The van der Waals surface area contributed by atoms with Gasteiger partial charge in [-0.2, -0.15) is 5.26 Å². The van der Waals surface area contributed by atoms with E-state index in [4.69, 9.17) is 11.6 Å². The molecule has 0 aromatic heterocycles. The van der Waals surface area contributed by atoms with Crippen molar-refractivity contribution in [2.75, 3.05) is 0 Å². The van der Waals surface area contributed by atoms with E-state index in [0.29, 0.717) is 10.0 Å². The van der Waals surface area contributed by atoms with Crippen molar-refractivity contribution in [2.24, 2.45) is 0 Å². The summed E-state index contributed by atoms with van der Waals surface area (Å²) in [6.45, 7) is 0. The van der Waals surface area contributed by atoms with Crippen LogP contribution >= 0.6 is 27.5 Å². The molecule has 0 spiro atoms. The summed E-state index contributed by atoms with van der Waals surface area (Å²) < 4.78 is 14.1. The van der Waals surface area contributed by atoms with Gasteiger partial charge in [0.25, 0.3) is 0 Å². The fourth-order valence-corrected chi connectivity index (χ4v) is 2.50. The number of benzene rings is 2. The van der Waals surface area contributed by atoms with Crippen LogP contribution in [0.4, 0.5) is 4.39 Å². The molecule has 0 bridgehead atoms. The minimum absolute atomic E-state index is 0.0757. The van der Waals surface area contributed by atoms with Crippen LogP contribution in [0.5, 0.6) is 5.75 Å². The second-order valence-electron chi connectivity index (χ2n) is 3.98. The van der Waals surface area contributed by atoms with Gasteiger partial charge >= 0.3 is 0 Å². The summed E-state index contributed by atoms with van der Waals surface area (Å²) in [6.07, 6.45) is 1.51. The second kappa shape index (κ2) is 6.08. The van der Waals surface area contributed by atoms with Crippen molar-refractivity contribution in [3.63, 3.8) is 0 Å². The van der Waals surface area contributed by atoms with Crippen LogP contribution in [0, 0.1) is 17.1 Å². The molecule has 0 aliphatic heterocycles. The van der Waals surface area contributed by atoms with Gasteiger partial charge in [0.05, 0.1) is 21.1 Å². The lowest BCUT2D eigenvalue weighted by molar-refractivity contribution is 0.472. The van der Waals surface area contributed by atoms with Gasteiger partial charge in [-0.15, -0.1) is 0 Å². The van der Waals surface area contributed by atoms with Crippen LogP contribution in [0.3, 0.4) is 0 Å². The number of halogens is 3. The summed E-state index contributed by atoms with van der Waals surface area (Å²) in [6, 6.07) is 11.1. The summed E-state index contributed by atoms with van der Waals surface area (Å²) in [7, 11) is 0. The van der Waals surface area contributed by atoms with E-state index in [9.17, 15) is 14.8 Å². The van der Waals surface area contributed by atoms with E-state index in [1.807, 2.05) is 6.07 Å². The van der Waals surface area contributed by atoms with Crippen LogP contribution in [0.15, 0.2) is 40.9 Å². The minimum atomic E-state index is -0.468. The third kappa shape index (κ3) is 3.01. The zero-order chi connectivity index (χ0) is 14.7. The van der Waals surface area contributed by atoms with Gasteiger partial charge in [-0.1, -0.05) is 29.8 Å². The van der Waals surface area contributed by atoms with Crippen LogP contribution in [-0.4, -0.2) is 5.11 Å². The Balaban J connectivity index is 2.53. The quantitative estimate of drug-likeness (QED) is 0.610. The smallest absolute Gasteiger partial charge is 0.148 e. The largest absolute Gasteiger partial charge is 0.505 e. The number of nitrogens with zero attached hydrogens (tertiary/aromatic N) is 1. The Bertz CT molecular complexity index is 714. The zero-order valence-corrected chi connectivity index (χ0v) is 12.4. The number of aromatic hydroxyl groups is 1. The van der Waals surface area contributed by atoms with Crippen molar-refractivity contribution in [3.05, 3.63) is 62.8 Å². The average Bonchev–Trinajstić information content (AvgIpc) is 2.43. The van der Waals surface area contributed by atoms with Gasteiger partial charge in [0.2, 0.25) is 0 Å². The van der Waals surface area contributed by atoms with E-state index in [2.05, 4.69) is 15.9 Å². The van der Waals surface area contributed by atoms with Gasteiger partial charge in [0.15, 0.2) is 0 Å². The molecule has 2 rings (SSSR count). The number of rotatable bonds is 2. The summed E-state index contributed by atoms with van der Waals surface area (Å²) in [5.41, 5.74) is 0.978. The van der Waals surface area contributed by atoms with Crippen molar-refractivity contribution in [1.82, 2.24) is 0 Å². The van der Waals surface area contributed by atoms with Gasteiger partial charge in [0.1, 0.15) is 11.6 Å². The number of hydrogen-bond donors (Lipinski definition) is 1. The lowest BCUT2D eigenvalue weighted by Crippen LogP contribution is -1.87. The SMILES string of the molecule is N#CC(=Cc1cc(Cl)c(O)c(Br)c1)c1ccccc1F. The third-order valence-electron chi connectivity index (χ3n) is 2.63. The lowest BCUT2D eigenvalue weighted by atomic mass is 10.0. The highest BCUT2D eigenvalue weighted by Gasteiger charge is 2.09. The van der Waals surface area contributed by atoms with Gasteiger partial charge < -0.3 is 5.11 Å². The molecule has 2 aromatic rings. The Morgan fingerprint density at radius 2 is 2.05 bits per heavy atom. The Morgan fingerprint density at radius 1 is 1.35 bits per heavy atom. The number of allylic oxidation sites excluding steroid dienone is 1. The third-order valence-corrected chi connectivity index (χ3v) is 3.53. The molecular weight excluding hydrogens is 345 g/mol. The van der Waals surface area contributed by atoms with Crippen LogP contribution in [0.25, 0.3) is 11.6 Å². The molecule has 100 valence electrons. The Kier molecular flexibility index (Phi) is 4.43. The van der Waals surface area contributed by atoms with E-state index in [-0.39, 0.29) is 21.9 Å². The first kappa shape index (κ1) is 14.6. The van der Waals surface area contributed by atoms with Gasteiger partial charge in [0, 0.05) is 5.56 Å². The molecule has 0 unspecified atom stereocenters. The highest BCUT2D eigenvalue weighted by Crippen LogP contribution is 2.34. The van der Waals surface area contributed by atoms with Crippen LogP contribution in [0.2, 0.25) is 5.02 Å². The van der Waals surface area contributed by atoms with Crippen molar-refractivity contribution >= 4 is 39.2 Å². The van der Waals surface area contributed by atoms with E-state index in [1.165, 1.54) is 24.3 Å². The molecule has 1 N–H and O–H groups in total. The topological polar surface area (TPSA) is 44.0 Å². The first-order valence-electron chi connectivity index (χ1n) is 5.57. The molecule has 2 nitrogen and oxygen atoms in total. The molecule has 0 amide bonds. The standard InChI is InChI=1S/C15H8BrClFNO/c16-12-6-9(7-13(17)15(12)20)5-10(8-19)11-3-1-2-4-14(11)18/h1-7,20H. The summed E-state index contributed by atoms with van der Waals surface area (Å²) in [5.74, 6) is -0.544. The maximum atomic E-state index is 13.7. The molecule has 0 aliphatic rings. The number of hydrogen-bond acceptors (Lipinski definition) is 2. The number of phenols is 1. The second-order valence-corrected chi connectivity index (χ2v) is 5.24. The van der Waals surface area contributed by atoms with E-state index in [0.717, 1.165) is 0 Å². The van der Waals surface area contributed by atoms with E-state index < -0.39 is 5.82 Å². The first-order chi connectivity index (χ1) is 9.52. The van der Waals surface area contributed by atoms with Crippen LogP contribution in [0.1, 0.15) is 11.1 Å². The maximum absolute atomic E-state index is 13.7. The zero-order valence-electron chi connectivity index (χ0n) is 10.1. The van der Waals surface area contributed by atoms with Crippen LogP contribution in [-0.2, 0) is 0 Å². The van der Waals surface area contributed by atoms with Crippen molar-refractivity contribution in [1.29, 1.82) is 5.26 Å². The Labute approximate surface area is 128 Å². The molecule has 2 aromatic carbocycles. The fraction of sp³-hybridized carbons (Fsp3) is 0. The molecule has 0 atom stereocenters. The average molecular weight is 353 g/mol. The Morgan fingerprint density at radius 3 is 2.65 bits per heavy atom. The van der Waals surface area contributed by atoms with Crippen molar-refractivity contribution in [3.8, 4) is 11.8 Å². The highest BCUT2D eigenvalue weighted by molar-refractivity contribution is 9.10. The molecule has 20 heavy (non-hydrogen) atoms. The maximum Gasteiger partial charge on any atom is 0.148 e. The number of nitriles is 1. The molecule has 0 radical (unpaired) electrons. The molecule has 0 saturated carbocycles. The molecular formula is C15H8BrClFNO. The lowest BCUT2D eigenvalue weighted by Gasteiger charge is -2.04. The molecule has 0 aliphatic carbocycles.